The van der Waals surface area contributed by atoms with Gasteiger partial charge in [-0.25, -0.2) is 0 Å². The first-order valence-electron chi connectivity index (χ1n) is 5.63. The van der Waals surface area contributed by atoms with Crippen LogP contribution in [0.15, 0.2) is 12.2 Å². The second kappa shape index (κ2) is 4.90. The van der Waals surface area contributed by atoms with Crippen molar-refractivity contribution in [3.63, 3.8) is 0 Å². The smallest absolute Gasteiger partial charge is 0.244 e. The minimum Gasteiger partial charge on any atom is -0.476 e. The van der Waals surface area contributed by atoms with Gasteiger partial charge in [-0.2, -0.15) is 9.97 Å². The van der Waals surface area contributed by atoms with E-state index in [2.05, 4.69) is 22.1 Å². The number of rotatable bonds is 3. The van der Waals surface area contributed by atoms with Crippen LogP contribution in [0.2, 0.25) is 0 Å². The normalized spacial score (nSPS) is 19.2. The number of nitrogen functional groups attached to an aromatic ring is 3. The van der Waals surface area contributed by atoms with E-state index < -0.39 is 0 Å². The summed E-state index contributed by atoms with van der Waals surface area (Å²) >= 11 is 0. The number of aromatic nitrogens is 2. The molecule has 17 heavy (non-hydrogen) atoms. The molecule has 6 N–H and O–H groups in total. The Morgan fingerprint density at radius 2 is 2.06 bits per heavy atom. The van der Waals surface area contributed by atoms with Crippen LogP contribution < -0.4 is 21.9 Å². The molecule has 2 rings (SSSR count). The average Bonchev–Trinajstić information content (AvgIpc) is 2.33. The molecular weight excluding hydrogens is 218 g/mol. The highest BCUT2D eigenvalue weighted by molar-refractivity contribution is 5.65. The first kappa shape index (κ1) is 11.5. The van der Waals surface area contributed by atoms with Gasteiger partial charge in [0.2, 0.25) is 11.8 Å². The summed E-state index contributed by atoms with van der Waals surface area (Å²) in [6.45, 7) is 0.574. The monoisotopic (exact) mass is 235 g/mol. The molecule has 1 unspecified atom stereocenters. The third-order valence-corrected chi connectivity index (χ3v) is 2.79. The van der Waals surface area contributed by atoms with Gasteiger partial charge < -0.3 is 21.9 Å². The van der Waals surface area contributed by atoms with Crippen LogP contribution in [0, 0.1) is 5.92 Å². The third kappa shape index (κ3) is 2.77. The first-order chi connectivity index (χ1) is 8.16. The summed E-state index contributed by atoms with van der Waals surface area (Å²) in [4.78, 5) is 7.70. The van der Waals surface area contributed by atoms with Crippen LogP contribution in [-0.2, 0) is 0 Å². The van der Waals surface area contributed by atoms with E-state index in [9.17, 15) is 0 Å². The molecule has 0 amide bonds. The minimum atomic E-state index is 0.0789. The predicted molar refractivity (Wildman–Crippen MR) is 67.2 cm³/mol. The van der Waals surface area contributed by atoms with E-state index in [1.54, 1.807) is 0 Å². The Morgan fingerprint density at radius 3 is 2.76 bits per heavy atom. The predicted octanol–water partition coefficient (Wildman–Crippen LogP) is 0.958. The van der Waals surface area contributed by atoms with Crippen LogP contribution in [0.3, 0.4) is 0 Å². The lowest BCUT2D eigenvalue weighted by atomic mass is 9.95. The number of anilines is 3. The van der Waals surface area contributed by atoms with E-state index >= 15 is 0 Å². The third-order valence-electron chi connectivity index (χ3n) is 2.79. The fourth-order valence-electron chi connectivity index (χ4n) is 1.80. The Morgan fingerprint density at radius 1 is 1.24 bits per heavy atom. The molecule has 0 saturated heterocycles. The molecule has 0 aliphatic heterocycles. The molecule has 0 aromatic carbocycles. The Balaban J connectivity index is 2.01. The van der Waals surface area contributed by atoms with E-state index in [0.29, 0.717) is 12.5 Å². The fourth-order valence-corrected chi connectivity index (χ4v) is 1.80. The number of nitrogens with zero attached hydrogens (tertiary/aromatic N) is 2. The second-order valence-electron chi connectivity index (χ2n) is 4.15. The zero-order chi connectivity index (χ0) is 12.3. The minimum absolute atomic E-state index is 0.0789. The Bertz CT molecular complexity index is 432. The zero-order valence-corrected chi connectivity index (χ0v) is 9.60. The lowest BCUT2D eigenvalue weighted by molar-refractivity contribution is 0.232. The first-order valence-corrected chi connectivity index (χ1v) is 5.63. The molecule has 1 aliphatic carbocycles. The molecule has 1 atom stereocenters. The van der Waals surface area contributed by atoms with Gasteiger partial charge in [0.15, 0.2) is 5.82 Å². The van der Waals surface area contributed by atoms with Crippen molar-refractivity contribution in [2.24, 2.45) is 5.92 Å². The lowest BCUT2D eigenvalue weighted by Gasteiger charge is -2.18. The van der Waals surface area contributed by atoms with Crippen LogP contribution in [0.5, 0.6) is 5.88 Å². The molecule has 1 aromatic heterocycles. The van der Waals surface area contributed by atoms with E-state index in [1.165, 1.54) is 0 Å². The Labute approximate surface area is 99.9 Å². The van der Waals surface area contributed by atoms with Crippen molar-refractivity contribution in [2.45, 2.75) is 19.3 Å². The van der Waals surface area contributed by atoms with E-state index in [-0.39, 0.29) is 23.3 Å². The molecule has 92 valence electrons. The number of hydrogen-bond acceptors (Lipinski definition) is 6. The Kier molecular flexibility index (Phi) is 3.32. The molecule has 6 heteroatoms. The molecular formula is C11H17N5O. The second-order valence-corrected chi connectivity index (χ2v) is 4.15. The molecule has 1 aliphatic rings. The van der Waals surface area contributed by atoms with Gasteiger partial charge in [0, 0.05) is 0 Å². The summed E-state index contributed by atoms with van der Waals surface area (Å²) in [5, 5.41) is 0. The van der Waals surface area contributed by atoms with Gasteiger partial charge >= 0.3 is 0 Å². The fraction of sp³-hybridized carbons (Fsp3) is 0.455. The van der Waals surface area contributed by atoms with E-state index in [0.717, 1.165) is 19.3 Å². The molecule has 6 nitrogen and oxygen atoms in total. The standard InChI is InChI=1S/C11H17N5O/c12-8-9(13)15-11(14)16-10(8)17-6-7-4-2-1-3-5-7/h1-2,7H,3-6,12H2,(H4,13,14,15,16). The number of nitrogens with two attached hydrogens (primary N) is 3. The summed E-state index contributed by atoms with van der Waals surface area (Å²) in [6.07, 6.45) is 7.59. The van der Waals surface area contributed by atoms with Gasteiger partial charge in [0.1, 0.15) is 5.69 Å². The van der Waals surface area contributed by atoms with Crippen molar-refractivity contribution in [2.75, 3.05) is 23.8 Å². The van der Waals surface area contributed by atoms with Gasteiger partial charge in [0.25, 0.3) is 0 Å². The van der Waals surface area contributed by atoms with E-state index in [4.69, 9.17) is 21.9 Å². The van der Waals surface area contributed by atoms with Crippen molar-refractivity contribution in [3.8, 4) is 5.88 Å². The molecule has 0 radical (unpaired) electrons. The highest BCUT2D eigenvalue weighted by atomic mass is 16.5. The highest BCUT2D eigenvalue weighted by Gasteiger charge is 2.14. The van der Waals surface area contributed by atoms with Crippen molar-refractivity contribution in [1.29, 1.82) is 0 Å². The maximum absolute atomic E-state index is 5.72. The van der Waals surface area contributed by atoms with Crippen LogP contribution in [0.1, 0.15) is 19.3 Å². The highest BCUT2D eigenvalue weighted by Crippen LogP contribution is 2.26. The quantitative estimate of drug-likeness (QED) is 0.672. The largest absolute Gasteiger partial charge is 0.476 e. The lowest BCUT2D eigenvalue weighted by Crippen LogP contribution is -2.15. The number of allylic oxidation sites excluding steroid dienone is 2. The van der Waals surface area contributed by atoms with Gasteiger partial charge in [0.05, 0.1) is 6.61 Å². The van der Waals surface area contributed by atoms with Crippen LogP contribution >= 0.6 is 0 Å². The van der Waals surface area contributed by atoms with Gasteiger partial charge in [-0.1, -0.05) is 12.2 Å². The molecule has 1 heterocycles. The SMILES string of the molecule is Nc1nc(N)c(N)c(OCC2CC=CCC2)n1. The maximum atomic E-state index is 5.72. The summed E-state index contributed by atoms with van der Waals surface area (Å²) in [5.41, 5.74) is 17.0. The van der Waals surface area contributed by atoms with E-state index in [1.807, 2.05) is 0 Å². The van der Waals surface area contributed by atoms with Crippen molar-refractivity contribution in [1.82, 2.24) is 9.97 Å². The van der Waals surface area contributed by atoms with Gasteiger partial charge in [-0.15, -0.1) is 0 Å². The van der Waals surface area contributed by atoms with Crippen LogP contribution in [0.25, 0.3) is 0 Å². The maximum Gasteiger partial charge on any atom is 0.244 e. The van der Waals surface area contributed by atoms with Gasteiger partial charge in [-0.3, -0.25) is 0 Å². The van der Waals surface area contributed by atoms with Gasteiger partial charge in [-0.05, 0) is 25.2 Å². The summed E-state index contributed by atoms with van der Waals surface area (Å²) < 4.78 is 5.57. The number of hydrogen-bond donors (Lipinski definition) is 3. The zero-order valence-electron chi connectivity index (χ0n) is 9.60. The summed E-state index contributed by atoms with van der Waals surface area (Å²) in [5.74, 6) is 1.02. The molecule has 0 bridgehead atoms. The summed E-state index contributed by atoms with van der Waals surface area (Å²) in [7, 11) is 0. The molecule has 0 saturated carbocycles. The van der Waals surface area contributed by atoms with Crippen molar-refractivity contribution in [3.05, 3.63) is 12.2 Å². The topological polar surface area (TPSA) is 113 Å². The average molecular weight is 235 g/mol. The molecule has 0 spiro atoms. The Hall–Kier alpha value is -1.98. The number of ether oxygens (including phenoxy) is 1. The van der Waals surface area contributed by atoms with Crippen LogP contribution in [-0.4, -0.2) is 16.6 Å². The van der Waals surface area contributed by atoms with Crippen molar-refractivity contribution >= 4 is 17.5 Å². The van der Waals surface area contributed by atoms with Crippen molar-refractivity contribution < 1.29 is 4.74 Å². The summed E-state index contributed by atoms with van der Waals surface area (Å²) in [6, 6.07) is 0. The molecule has 1 aromatic rings. The van der Waals surface area contributed by atoms with Crippen LogP contribution in [0.4, 0.5) is 17.5 Å². The molecule has 0 fully saturated rings.